The lowest BCUT2D eigenvalue weighted by Gasteiger charge is -2.50. The van der Waals surface area contributed by atoms with Crippen molar-refractivity contribution in [1.82, 2.24) is 63.8 Å². The molecule has 0 aromatic heterocycles. The number of hydrogen-bond donors (Lipinski definition) is 16. The summed E-state index contributed by atoms with van der Waals surface area (Å²) in [6, 6.07) is 0.152. The van der Waals surface area contributed by atoms with Gasteiger partial charge in [-0.2, -0.15) is 0 Å². The Bertz CT molecular complexity index is 943. The molecule has 2 aliphatic heterocycles. The lowest BCUT2D eigenvalue weighted by molar-refractivity contribution is -0.212. The molecule has 4 rings (SSSR count). The third-order valence-corrected chi connectivity index (χ3v) is 8.16. The molecule has 44 heavy (non-hydrogen) atoms. The maximum Gasteiger partial charge on any atom is 0.317 e. The molecule has 0 bridgehead atoms. The molecular weight excluding hydrogens is 584 g/mol. The summed E-state index contributed by atoms with van der Waals surface area (Å²) in [4.78, 5) is 30.7. The maximum absolute atomic E-state index is 11.2. The zero-order valence-electron chi connectivity index (χ0n) is 24.3. The fourth-order valence-electron chi connectivity index (χ4n) is 6.51. The van der Waals surface area contributed by atoms with Crippen molar-refractivity contribution >= 4 is 11.9 Å². The quantitative estimate of drug-likeness (QED) is 0.0442. The number of nitrogens with one attached hydrogen (secondary N) is 12. The van der Waals surface area contributed by atoms with Gasteiger partial charge in [-0.25, -0.2) is 10.5 Å². The van der Waals surface area contributed by atoms with Crippen molar-refractivity contribution in [2.75, 3.05) is 13.1 Å². The van der Waals surface area contributed by atoms with Gasteiger partial charge in [-0.1, -0.05) is 25.7 Å². The van der Waals surface area contributed by atoms with Crippen LogP contribution in [0.25, 0.3) is 0 Å². The van der Waals surface area contributed by atoms with E-state index in [1.54, 1.807) is 0 Å². The number of carbonyl (C=O) groups is 2. The predicted octanol–water partition coefficient (Wildman–Crippen LogP) is -3.78. The number of hydrogen-bond acceptors (Lipinski definition) is 18. The van der Waals surface area contributed by atoms with E-state index in [1.165, 1.54) is 0 Å². The van der Waals surface area contributed by atoms with Crippen LogP contribution in [-0.4, -0.2) is 95.6 Å². The molecular formula is C24H46N12O8. The van der Waals surface area contributed by atoms with E-state index in [0.717, 1.165) is 38.5 Å². The minimum absolute atomic E-state index is 0.0737. The van der Waals surface area contributed by atoms with Crippen molar-refractivity contribution < 1.29 is 40.1 Å². The highest BCUT2D eigenvalue weighted by Gasteiger charge is 2.43. The van der Waals surface area contributed by atoms with Crippen LogP contribution in [0.1, 0.15) is 38.5 Å². The monoisotopic (exact) mass is 630 g/mol. The molecule has 8 unspecified atom stereocenters. The highest BCUT2D eigenvalue weighted by atomic mass is 17.1. The molecule has 20 heteroatoms. The van der Waals surface area contributed by atoms with E-state index in [0.29, 0.717) is 5.92 Å². The minimum Gasteiger partial charge on any atom is -0.480 e. The standard InChI is InChI=1S/C24H46N12O8/c1-11(43-41)27-21-34-22(28-12(2)44-42)36-24(35-21)30-15-8-4-6-13-5-3-7-14(18(13)15)29-23-32-19(25-9-16(37)38)31-20(33-23)26-10-17(39)40/h13-15,18-36,41-42H,1-10H2,(H,37,38)(H,39,40). The predicted molar refractivity (Wildman–Crippen MR) is 153 cm³/mol. The molecule has 0 spiro atoms. The Morgan fingerprint density at radius 1 is 0.636 bits per heavy atom. The van der Waals surface area contributed by atoms with E-state index in [9.17, 15) is 9.59 Å². The van der Waals surface area contributed by atoms with Crippen molar-refractivity contribution in [1.29, 1.82) is 0 Å². The van der Waals surface area contributed by atoms with Gasteiger partial charge in [0, 0.05) is 12.1 Å². The number of fused-ring (bicyclic) bond motifs is 1. The van der Waals surface area contributed by atoms with Crippen LogP contribution in [-0.2, 0) is 19.4 Å². The summed E-state index contributed by atoms with van der Waals surface area (Å²) < 4.78 is 0. The lowest BCUT2D eigenvalue weighted by Crippen LogP contribution is -2.79. The van der Waals surface area contributed by atoms with Gasteiger partial charge < -0.3 is 30.6 Å². The largest absolute Gasteiger partial charge is 0.480 e. The molecule has 2 saturated carbocycles. The first kappa shape index (κ1) is 34.0. The summed E-state index contributed by atoms with van der Waals surface area (Å²) in [7, 11) is 0. The van der Waals surface area contributed by atoms with Gasteiger partial charge in [0.2, 0.25) is 11.8 Å². The van der Waals surface area contributed by atoms with Crippen molar-refractivity contribution in [3.63, 3.8) is 0 Å². The van der Waals surface area contributed by atoms with E-state index < -0.39 is 49.7 Å². The Kier molecular flexibility index (Phi) is 12.7. The Morgan fingerprint density at radius 3 is 1.43 bits per heavy atom. The van der Waals surface area contributed by atoms with Gasteiger partial charge in [0.15, 0.2) is 0 Å². The molecule has 2 aliphatic carbocycles. The van der Waals surface area contributed by atoms with Crippen LogP contribution in [0, 0.1) is 11.8 Å². The first-order valence-electron chi connectivity index (χ1n) is 14.7. The maximum atomic E-state index is 11.2. The third-order valence-electron chi connectivity index (χ3n) is 8.16. The lowest BCUT2D eigenvalue weighted by atomic mass is 9.66. The van der Waals surface area contributed by atoms with Gasteiger partial charge in [-0.3, -0.25) is 62.8 Å². The molecule has 2 heterocycles. The van der Waals surface area contributed by atoms with E-state index >= 15 is 0 Å². The Labute approximate surface area is 254 Å². The molecule has 0 aromatic carbocycles. The van der Waals surface area contributed by atoms with E-state index in [-0.39, 0.29) is 42.9 Å². The fourth-order valence-corrected chi connectivity index (χ4v) is 6.51. The van der Waals surface area contributed by atoms with Gasteiger partial charge in [-0.15, -0.1) is 0 Å². The number of carboxylic acid groups (broad SMARTS) is 2. The molecule has 250 valence electrons. The van der Waals surface area contributed by atoms with Gasteiger partial charge in [0.1, 0.15) is 37.7 Å². The zero-order valence-corrected chi connectivity index (χ0v) is 24.3. The van der Waals surface area contributed by atoms with Gasteiger partial charge in [0.25, 0.3) is 0 Å². The summed E-state index contributed by atoms with van der Waals surface area (Å²) in [6.45, 7) is 6.58. The first-order chi connectivity index (χ1) is 21.1. The Hall–Kier alpha value is -2.86. The summed E-state index contributed by atoms with van der Waals surface area (Å²) >= 11 is 0. The number of rotatable bonds is 16. The molecule has 0 aromatic rings. The second kappa shape index (κ2) is 16.5. The molecule has 4 fully saturated rings. The average molecular weight is 631 g/mol. The zero-order chi connectivity index (χ0) is 31.6. The van der Waals surface area contributed by atoms with E-state index in [4.69, 9.17) is 20.7 Å². The summed E-state index contributed by atoms with van der Waals surface area (Å²) in [5.41, 5.74) is 0. The smallest absolute Gasteiger partial charge is 0.317 e. The van der Waals surface area contributed by atoms with Crippen molar-refractivity contribution in [3.05, 3.63) is 24.9 Å². The van der Waals surface area contributed by atoms with E-state index in [2.05, 4.69) is 86.7 Å². The third kappa shape index (κ3) is 10.1. The summed E-state index contributed by atoms with van der Waals surface area (Å²) in [5, 5.41) is 74.4. The molecule has 8 atom stereocenters. The second-order valence-electron chi connectivity index (χ2n) is 11.2. The Morgan fingerprint density at radius 2 is 1.02 bits per heavy atom. The second-order valence-corrected chi connectivity index (χ2v) is 11.2. The summed E-state index contributed by atoms with van der Waals surface area (Å²) in [6.07, 6.45) is 2.75. The van der Waals surface area contributed by atoms with Gasteiger partial charge in [-0.05, 0) is 37.8 Å². The molecule has 2 saturated heterocycles. The van der Waals surface area contributed by atoms with Crippen LogP contribution in [0.3, 0.4) is 0 Å². The summed E-state index contributed by atoms with van der Waals surface area (Å²) in [5.74, 6) is -1.52. The molecule has 20 nitrogen and oxygen atoms in total. The minimum atomic E-state index is -1.02. The number of aliphatic carboxylic acids is 2. The van der Waals surface area contributed by atoms with Crippen LogP contribution < -0.4 is 63.8 Å². The first-order valence-corrected chi connectivity index (χ1v) is 14.7. The molecule has 0 amide bonds. The van der Waals surface area contributed by atoms with E-state index in [1.807, 2.05) is 0 Å². The Balaban J connectivity index is 1.44. The van der Waals surface area contributed by atoms with Crippen molar-refractivity contribution in [2.24, 2.45) is 11.8 Å². The molecule has 16 N–H and O–H groups in total. The van der Waals surface area contributed by atoms with Crippen LogP contribution in [0.4, 0.5) is 0 Å². The van der Waals surface area contributed by atoms with Crippen LogP contribution in [0.5, 0.6) is 0 Å². The van der Waals surface area contributed by atoms with Crippen LogP contribution in [0.15, 0.2) is 24.9 Å². The normalized spacial score (nSPS) is 35.5. The highest BCUT2D eigenvalue weighted by Crippen LogP contribution is 2.41. The van der Waals surface area contributed by atoms with Crippen LogP contribution in [0.2, 0.25) is 0 Å². The topological polar surface area (TPSA) is 278 Å². The van der Waals surface area contributed by atoms with Crippen molar-refractivity contribution in [3.8, 4) is 0 Å². The fraction of sp³-hybridized carbons (Fsp3) is 0.750. The number of carboxylic acids is 2. The average Bonchev–Trinajstić information content (AvgIpc) is 2.99. The SMILES string of the molecule is C=C(NC1NC(NC(=C)OO)NC(NC2CCCC3CCCC(NC4NC(NCC(=O)O)NC(NCC(=O)O)N4)C32)N1)OO. The molecule has 4 aliphatic rings. The highest BCUT2D eigenvalue weighted by molar-refractivity contribution is 5.69. The molecule has 0 radical (unpaired) electrons. The van der Waals surface area contributed by atoms with Crippen molar-refractivity contribution in [2.45, 2.75) is 88.3 Å². The van der Waals surface area contributed by atoms with Crippen LogP contribution >= 0.6 is 0 Å². The van der Waals surface area contributed by atoms with Gasteiger partial charge >= 0.3 is 11.9 Å². The van der Waals surface area contributed by atoms with Gasteiger partial charge in [0.05, 0.1) is 13.1 Å².